The summed E-state index contributed by atoms with van der Waals surface area (Å²) in [4.78, 5) is 21.6. The molecule has 0 radical (unpaired) electrons. The number of benzene rings is 2. The van der Waals surface area contributed by atoms with Crippen LogP contribution < -0.4 is 4.90 Å². The second kappa shape index (κ2) is 7.08. The van der Waals surface area contributed by atoms with E-state index in [0.717, 1.165) is 46.8 Å². The van der Waals surface area contributed by atoms with Gasteiger partial charge in [0.05, 0.1) is 15.2 Å². The number of fused-ring (bicyclic) bond motifs is 1. The predicted molar refractivity (Wildman–Crippen MR) is 108 cm³/mol. The number of rotatable bonds is 4. The number of amides is 1. The molecular weight excluding hydrogens is 342 g/mol. The SMILES string of the molecule is Cc1nc2cc(C(=O)N(C)CC3CCN(c4ccccc4)C3)ccc2s1. The van der Waals surface area contributed by atoms with E-state index in [9.17, 15) is 4.79 Å². The van der Waals surface area contributed by atoms with Crippen molar-refractivity contribution in [2.75, 3.05) is 31.6 Å². The van der Waals surface area contributed by atoms with E-state index in [1.807, 2.05) is 43.1 Å². The molecular formula is C21H23N3OS. The average Bonchev–Trinajstić information content (AvgIpc) is 3.26. The molecule has 4 rings (SSSR count). The van der Waals surface area contributed by atoms with Gasteiger partial charge in [-0.3, -0.25) is 4.79 Å². The highest BCUT2D eigenvalue weighted by molar-refractivity contribution is 7.18. The maximum absolute atomic E-state index is 12.8. The molecule has 0 aliphatic carbocycles. The Bertz CT molecular complexity index is 921. The molecule has 1 amide bonds. The molecule has 1 aromatic heterocycles. The van der Waals surface area contributed by atoms with Gasteiger partial charge in [0.25, 0.3) is 5.91 Å². The quantitative estimate of drug-likeness (QED) is 0.695. The second-order valence-corrected chi connectivity index (χ2v) is 8.27. The van der Waals surface area contributed by atoms with Crippen LogP contribution in [-0.4, -0.2) is 42.5 Å². The molecule has 134 valence electrons. The number of hydrogen-bond acceptors (Lipinski definition) is 4. The fourth-order valence-electron chi connectivity index (χ4n) is 3.72. The van der Waals surface area contributed by atoms with Crippen molar-refractivity contribution in [1.29, 1.82) is 0 Å². The van der Waals surface area contributed by atoms with Crippen molar-refractivity contribution in [2.24, 2.45) is 5.92 Å². The fraction of sp³-hybridized carbons (Fsp3) is 0.333. The van der Waals surface area contributed by atoms with Crippen LogP contribution in [0.15, 0.2) is 48.5 Å². The van der Waals surface area contributed by atoms with Crippen molar-refractivity contribution in [3.63, 3.8) is 0 Å². The van der Waals surface area contributed by atoms with E-state index in [4.69, 9.17) is 0 Å². The topological polar surface area (TPSA) is 36.4 Å². The van der Waals surface area contributed by atoms with Crippen LogP contribution in [0.1, 0.15) is 21.8 Å². The third-order valence-electron chi connectivity index (χ3n) is 5.03. The molecule has 1 atom stereocenters. The summed E-state index contributed by atoms with van der Waals surface area (Å²) in [5.74, 6) is 0.588. The van der Waals surface area contributed by atoms with Gasteiger partial charge in [-0.2, -0.15) is 0 Å². The monoisotopic (exact) mass is 365 g/mol. The van der Waals surface area contributed by atoms with E-state index in [2.05, 4.69) is 34.1 Å². The number of thiazole rings is 1. The summed E-state index contributed by atoms with van der Waals surface area (Å²) in [5, 5.41) is 1.03. The first-order chi connectivity index (χ1) is 12.6. The highest BCUT2D eigenvalue weighted by Gasteiger charge is 2.25. The van der Waals surface area contributed by atoms with Crippen LogP contribution in [0.3, 0.4) is 0 Å². The maximum atomic E-state index is 12.8. The molecule has 4 nitrogen and oxygen atoms in total. The van der Waals surface area contributed by atoms with Crippen LogP contribution in [0.5, 0.6) is 0 Å². The number of aromatic nitrogens is 1. The molecule has 2 aromatic carbocycles. The van der Waals surface area contributed by atoms with E-state index in [1.165, 1.54) is 5.69 Å². The molecule has 2 heterocycles. The summed E-state index contributed by atoms with van der Waals surface area (Å²) in [7, 11) is 1.91. The van der Waals surface area contributed by atoms with Gasteiger partial charge in [0.2, 0.25) is 0 Å². The molecule has 1 saturated heterocycles. The number of anilines is 1. The van der Waals surface area contributed by atoms with Gasteiger partial charge in [-0.1, -0.05) is 18.2 Å². The molecule has 5 heteroatoms. The third-order valence-corrected chi connectivity index (χ3v) is 5.98. The van der Waals surface area contributed by atoms with E-state index >= 15 is 0 Å². The van der Waals surface area contributed by atoms with Gasteiger partial charge in [-0.25, -0.2) is 4.98 Å². The fourth-order valence-corrected chi connectivity index (χ4v) is 4.53. The van der Waals surface area contributed by atoms with Gasteiger partial charge in [-0.05, 0) is 49.6 Å². The van der Waals surface area contributed by atoms with Crippen molar-refractivity contribution in [3.8, 4) is 0 Å². The zero-order valence-electron chi connectivity index (χ0n) is 15.2. The lowest BCUT2D eigenvalue weighted by Crippen LogP contribution is -2.33. The Morgan fingerprint density at radius 1 is 1.27 bits per heavy atom. The molecule has 1 fully saturated rings. The zero-order valence-corrected chi connectivity index (χ0v) is 16.0. The van der Waals surface area contributed by atoms with Crippen molar-refractivity contribution in [2.45, 2.75) is 13.3 Å². The molecule has 1 aliphatic heterocycles. The van der Waals surface area contributed by atoms with Crippen molar-refractivity contribution in [1.82, 2.24) is 9.88 Å². The number of carbonyl (C=O) groups excluding carboxylic acids is 1. The summed E-state index contributed by atoms with van der Waals surface area (Å²) in [6.07, 6.45) is 1.12. The van der Waals surface area contributed by atoms with Gasteiger partial charge >= 0.3 is 0 Å². The van der Waals surface area contributed by atoms with E-state index in [1.54, 1.807) is 11.3 Å². The van der Waals surface area contributed by atoms with Crippen LogP contribution in [0, 0.1) is 12.8 Å². The lowest BCUT2D eigenvalue weighted by Gasteiger charge is -2.22. The smallest absolute Gasteiger partial charge is 0.253 e. The number of aryl methyl sites for hydroxylation is 1. The molecule has 0 spiro atoms. The highest BCUT2D eigenvalue weighted by Crippen LogP contribution is 2.25. The minimum Gasteiger partial charge on any atom is -0.371 e. The Kier molecular flexibility index (Phi) is 4.64. The van der Waals surface area contributed by atoms with Crippen LogP contribution >= 0.6 is 11.3 Å². The van der Waals surface area contributed by atoms with E-state index in [0.29, 0.717) is 5.92 Å². The molecule has 1 unspecified atom stereocenters. The molecule has 0 bridgehead atoms. The Morgan fingerprint density at radius 2 is 2.08 bits per heavy atom. The van der Waals surface area contributed by atoms with E-state index < -0.39 is 0 Å². The maximum Gasteiger partial charge on any atom is 0.253 e. The van der Waals surface area contributed by atoms with Gasteiger partial charge in [0.1, 0.15) is 0 Å². The largest absolute Gasteiger partial charge is 0.371 e. The molecule has 0 saturated carbocycles. The first-order valence-corrected chi connectivity index (χ1v) is 9.84. The van der Waals surface area contributed by atoms with Gasteiger partial charge in [-0.15, -0.1) is 11.3 Å². The van der Waals surface area contributed by atoms with Crippen molar-refractivity contribution >= 4 is 33.1 Å². The van der Waals surface area contributed by atoms with Gasteiger partial charge < -0.3 is 9.80 Å². The average molecular weight is 366 g/mol. The Balaban J connectivity index is 1.41. The molecule has 0 N–H and O–H groups in total. The van der Waals surface area contributed by atoms with Crippen LogP contribution in [0.4, 0.5) is 5.69 Å². The normalized spacial score (nSPS) is 17.0. The minimum atomic E-state index is 0.0794. The van der Waals surface area contributed by atoms with E-state index in [-0.39, 0.29) is 5.91 Å². The lowest BCUT2D eigenvalue weighted by molar-refractivity contribution is 0.0776. The second-order valence-electron chi connectivity index (χ2n) is 7.04. The summed E-state index contributed by atoms with van der Waals surface area (Å²) >= 11 is 1.66. The summed E-state index contributed by atoms with van der Waals surface area (Å²) in [5.41, 5.74) is 2.92. The van der Waals surface area contributed by atoms with Crippen molar-refractivity contribution < 1.29 is 4.79 Å². The minimum absolute atomic E-state index is 0.0794. The Morgan fingerprint density at radius 3 is 2.88 bits per heavy atom. The lowest BCUT2D eigenvalue weighted by atomic mass is 10.1. The molecule has 26 heavy (non-hydrogen) atoms. The highest BCUT2D eigenvalue weighted by atomic mass is 32.1. The summed E-state index contributed by atoms with van der Waals surface area (Å²) in [6.45, 7) is 4.85. The van der Waals surface area contributed by atoms with Crippen LogP contribution in [0.2, 0.25) is 0 Å². The Hall–Kier alpha value is -2.40. The standard InChI is InChI=1S/C21H23N3OS/c1-15-22-19-12-17(8-9-20(19)26-15)21(25)23(2)13-16-10-11-24(14-16)18-6-4-3-5-7-18/h3-9,12,16H,10-11,13-14H2,1-2H3. The van der Waals surface area contributed by atoms with Crippen LogP contribution in [0.25, 0.3) is 10.2 Å². The number of nitrogens with zero attached hydrogens (tertiary/aromatic N) is 3. The number of carbonyl (C=O) groups is 1. The van der Waals surface area contributed by atoms with Crippen molar-refractivity contribution in [3.05, 3.63) is 59.1 Å². The molecule has 1 aliphatic rings. The first kappa shape index (κ1) is 17.0. The van der Waals surface area contributed by atoms with Gasteiger partial charge in [0.15, 0.2) is 0 Å². The number of hydrogen-bond donors (Lipinski definition) is 0. The third kappa shape index (κ3) is 3.44. The predicted octanol–water partition coefficient (Wildman–Crippen LogP) is 4.20. The first-order valence-electron chi connectivity index (χ1n) is 9.03. The zero-order chi connectivity index (χ0) is 18.1. The van der Waals surface area contributed by atoms with Gasteiger partial charge in [0, 0.05) is 37.9 Å². The Labute approximate surface area is 158 Å². The molecule has 3 aromatic rings. The van der Waals surface area contributed by atoms with Crippen LogP contribution in [-0.2, 0) is 0 Å². The summed E-state index contributed by atoms with van der Waals surface area (Å²) < 4.78 is 1.14. The number of para-hydroxylation sites is 1. The summed E-state index contributed by atoms with van der Waals surface area (Å²) in [6, 6.07) is 16.4.